The Labute approximate surface area is 194 Å². The Balaban J connectivity index is 2.16. The second-order valence-electron chi connectivity index (χ2n) is 8.50. The van der Waals surface area contributed by atoms with Gasteiger partial charge in [-0.15, -0.1) is 0 Å². The molecule has 3 aromatic rings. The zero-order chi connectivity index (χ0) is 24.6. The molecule has 176 valence electrons. The van der Waals surface area contributed by atoms with Crippen LogP contribution in [-0.4, -0.2) is 45.8 Å². The summed E-state index contributed by atoms with van der Waals surface area (Å²) in [4.78, 5) is 16.4. The van der Waals surface area contributed by atoms with Crippen LogP contribution in [0.1, 0.15) is 26.5 Å². The maximum Gasteiger partial charge on any atom is 0.407 e. The average molecular weight is 499 g/mol. The Morgan fingerprint density at radius 2 is 1.88 bits per heavy atom. The predicted octanol–water partition coefficient (Wildman–Crippen LogP) is 4.56. The highest BCUT2D eigenvalue weighted by Gasteiger charge is 2.28. The highest BCUT2D eigenvalue weighted by molar-refractivity contribution is 7.91. The molecule has 0 saturated heterocycles. The van der Waals surface area contributed by atoms with Crippen LogP contribution in [0.15, 0.2) is 52.5 Å². The minimum Gasteiger partial charge on any atom is -0.465 e. The number of amides is 1. The van der Waals surface area contributed by atoms with Gasteiger partial charge in [0.25, 0.3) is 0 Å². The minimum atomic E-state index is -4.28. The summed E-state index contributed by atoms with van der Waals surface area (Å²) in [5, 5.41) is 13.4. The van der Waals surface area contributed by atoms with Gasteiger partial charge in [-0.3, -0.25) is 0 Å². The van der Waals surface area contributed by atoms with Crippen molar-refractivity contribution < 1.29 is 27.1 Å². The highest BCUT2D eigenvalue weighted by atomic mass is 35.5. The second kappa shape index (κ2) is 9.06. The van der Waals surface area contributed by atoms with E-state index in [1.54, 1.807) is 0 Å². The summed E-state index contributed by atoms with van der Waals surface area (Å²) < 4.78 is 55.4. The molecule has 0 aliphatic carbocycles. The van der Waals surface area contributed by atoms with E-state index in [4.69, 9.17) is 11.6 Å². The van der Waals surface area contributed by atoms with Crippen molar-refractivity contribution in [2.75, 3.05) is 6.54 Å². The van der Waals surface area contributed by atoms with Gasteiger partial charge in [-0.25, -0.2) is 31.7 Å². The molecular formula is C21H21ClF2N4O4S. The smallest absolute Gasteiger partial charge is 0.407 e. The first-order valence-corrected chi connectivity index (χ1v) is 11.5. The number of hydrogen-bond donors (Lipinski definition) is 1. The van der Waals surface area contributed by atoms with E-state index in [1.165, 1.54) is 12.1 Å². The molecule has 0 fully saturated rings. The van der Waals surface area contributed by atoms with Gasteiger partial charge in [0.15, 0.2) is 10.8 Å². The molecule has 0 unspecified atom stereocenters. The van der Waals surface area contributed by atoms with Gasteiger partial charge in [0.05, 0.1) is 17.1 Å². The molecular weight excluding hydrogens is 478 g/mol. The normalized spacial score (nSPS) is 12.1. The van der Waals surface area contributed by atoms with E-state index in [1.807, 2.05) is 20.8 Å². The van der Waals surface area contributed by atoms with Crippen LogP contribution < -0.4 is 0 Å². The van der Waals surface area contributed by atoms with Crippen molar-refractivity contribution >= 4 is 27.5 Å². The molecule has 0 aliphatic heterocycles. The molecule has 0 radical (unpaired) electrons. The standard InChI is InChI=1S/C21H21ClF2N4O4S/c1-21(2,3)12-27(20(29)30)11-14-9-19(33(31,32)15-5-7-18(22)25-10-15)28(26-14)17-6-4-13(23)8-16(17)24/h4-10H,11-12H2,1-3H3,(H,29,30). The van der Waals surface area contributed by atoms with Crippen LogP contribution in [-0.2, 0) is 16.4 Å². The van der Waals surface area contributed by atoms with Gasteiger partial charge >= 0.3 is 6.09 Å². The van der Waals surface area contributed by atoms with Crippen LogP contribution in [0, 0.1) is 17.0 Å². The molecule has 8 nitrogen and oxygen atoms in total. The van der Waals surface area contributed by atoms with E-state index < -0.39 is 32.6 Å². The molecule has 0 aliphatic rings. The largest absolute Gasteiger partial charge is 0.465 e. The van der Waals surface area contributed by atoms with Crippen molar-refractivity contribution in [1.82, 2.24) is 19.7 Å². The van der Waals surface area contributed by atoms with Crippen LogP contribution in [0.2, 0.25) is 5.15 Å². The number of nitrogens with zero attached hydrogens (tertiary/aromatic N) is 4. The van der Waals surface area contributed by atoms with E-state index >= 15 is 0 Å². The Bertz CT molecular complexity index is 1290. The zero-order valence-corrected chi connectivity index (χ0v) is 19.5. The molecule has 2 aromatic heterocycles. The van der Waals surface area contributed by atoms with Gasteiger partial charge in [-0.1, -0.05) is 32.4 Å². The third-order valence-corrected chi connectivity index (χ3v) is 6.37. The van der Waals surface area contributed by atoms with Crippen molar-refractivity contribution in [3.63, 3.8) is 0 Å². The summed E-state index contributed by atoms with van der Waals surface area (Å²) in [6.07, 6.45) is -0.183. The van der Waals surface area contributed by atoms with Crippen molar-refractivity contribution in [3.05, 3.63) is 65.1 Å². The molecule has 3 rings (SSSR count). The molecule has 33 heavy (non-hydrogen) atoms. The third-order valence-electron chi connectivity index (χ3n) is 4.44. The quantitative estimate of drug-likeness (QED) is 0.499. The summed E-state index contributed by atoms with van der Waals surface area (Å²) in [5.41, 5.74) is -0.639. The molecule has 0 atom stereocenters. The molecule has 1 N–H and O–H groups in total. The lowest BCUT2D eigenvalue weighted by Crippen LogP contribution is -2.36. The number of pyridine rings is 1. The molecule has 12 heteroatoms. The van der Waals surface area contributed by atoms with Crippen LogP contribution in [0.3, 0.4) is 0 Å². The summed E-state index contributed by atoms with van der Waals surface area (Å²) in [6.45, 7) is 5.43. The molecule has 1 amide bonds. The molecule has 0 bridgehead atoms. The number of carboxylic acid groups (broad SMARTS) is 1. The fourth-order valence-electron chi connectivity index (χ4n) is 3.11. The number of hydrogen-bond acceptors (Lipinski definition) is 5. The number of carbonyl (C=O) groups is 1. The maximum atomic E-state index is 14.6. The molecule has 2 heterocycles. The van der Waals surface area contributed by atoms with Gasteiger partial charge in [0.1, 0.15) is 16.7 Å². The fraction of sp³-hybridized carbons (Fsp3) is 0.286. The Kier molecular flexibility index (Phi) is 6.75. The highest BCUT2D eigenvalue weighted by Crippen LogP contribution is 2.27. The van der Waals surface area contributed by atoms with Crippen molar-refractivity contribution in [1.29, 1.82) is 0 Å². The van der Waals surface area contributed by atoms with E-state index in [9.17, 15) is 27.1 Å². The summed E-state index contributed by atoms with van der Waals surface area (Å²) in [7, 11) is -4.28. The third kappa shape index (κ3) is 5.66. The monoisotopic (exact) mass is 498 g/mol. The number of halogens is 3. The van der Waals surface area contributed by atoms with Crippen LogP contribution in [0.25, 0.3) is 5.69 Å². The number of benzene rings is 1. The summed E-state index contributed by atoms with van der Waals surface area (Å²) in [6, 6.07) is 6.27. The second-order valence-corrected chi connectivity index (χ2v) is 10.8. The first-order chi connectivity index (χ1) is 15.3. The van der Waals surface area contributed by atoms with Crippen molar-refractivity contribution in [3.8, 4) is 5.69 Å². The molecule has 0 spiro atoms. The topological polar surface area (TPSA) is 105 Å². The van der Waals surface area contributed by atoms with Gasteiger partial charge in [-0.05, 0) is 29.7 Å². The van der Waals surface area contributed by atoms with Crippen molar-refractivity contribution in [2.45, 2.75) is 37.2 Å². The van der Waals surface area contributed by atoms with E-state index in [0.717, 1.165) is 34.0 Å². The van der Waals surface area contributed by atoms with Gasteiger partial charge in [0.2, 0.25) is 9.84 Å². The zero-order valence-electron chi connectivity index (χ0n) is 18.0. The van der Waals surface area contributed by atoms with E-state index in [-0.39, 0.29) is 39.9 Å². The van der Waals surface area contributed by atoms with Crippen LogP contribution in [0.5, 0.6) is 0 Å². The Morgan fingerprint density at radius 1 is 1.18 bits per heavy atom. The number of rotatable bonds is 6. The van der Waals surface area contributed by atoms with E-state index in [0.29, 0.717) is 6.07 Å². The lowest BCUT2D eigenvalue weighted by Gasteiger charge is -2.27. The number of aromatic nitrogens is 3. The summed E-state index contributed by atoms with van der Waals surface area (Å²) >= 11 is 5.74. The molecule has 1 aromatic carbocycles. The van der Waals surface area contributed by atoms with Crippen molar-refractivity contribution in [2.24, 2.45) is 5.41 Å². The first kappa shape index (κ1) is 24.6. The van der Waals surface area contributed by atoms with E-state index in [2.05, 4.69) is 10.1 Å². The minimum absolute atomic E-state index is 0.0610. The average Bonchev–Trinajstić information content (AvgIpc) is 3.11. The molecule has 0 saturated carbocycles. The fourth-order valence-corrected chi connectivity index (χ4v) is 4.56. The van der Waals surface area contributed by atoms with Gasteiger partial charge < -0.3 is 10.0 Å². The lowest BCUT2D eigenvalue weighted by molar-refractivity contribution is 0.122. The maximum absolute atomic E-state index is 14.6. The lowest BCUT2D eigenvalue weighted by atomic mass is 9.96. The predicted molar refractivity (Wildman–Crippen MR) is 116 cm³/mol. The van der Waals surface area contributed by atoms with Gasteiger partial charge in [0, 0.05) is 24.9 Å². The van der Waals surface area contributed by atoms with Crippen LogP contribution >= 0.6 is 11.6 Å². The van der Waals surface area contributed by atoms with Crippen LogP contribution in [0.4, 0.5) is 13.6 Å². The first-order valence-electron chi connectivity index (χ1n) is 9.67. The Morgan fingerprint density at radius 3 is 2.42 bits per heavy atom. The summed E-state index contributed by atoms with van der Waals surface area (Å²) in [5.74, 6) is -1.89. The van der Waals surface area contributed by atoms with Gasteiger partial charge in [-0.2, -0.15) is 5.10 Å². The Hall–Kier alpha value is -3.05. The number of sulfone groups is 1. The SMILES string of the molecule is CC(C)(C)CN(Cc1cc(S(=O)(=O)c2ccc(Cl)nc2)n(-c2ccc(F)cc2F)n1)C(=O)O.